The molecule has 1 atom stereocenters. The van der Waals surface area contributed by atoms with E-state index in [0.29, 0.717) is 12.1 Å². The number of carbonyl (C=O) groups excluding carboxylic acids is 1. The van der Waals surface area contributed by atoms with Gasteiger partial charge in [-0.2, -0.15) is 0 Å². The van der Waals surface area contributed by atoms with Crippen LogP contribution in [0.2, 0.25) is 0 Å². The Bertz CT molecular complexity index is 623. The first-order valence-corrected chi connectivity index (χ1v) is 10.6. The van der Waals surface area contributed by atoms with E-state index in [1.54, 1.807) is 0 Å². The number of aliphatic hydroxyl groups is 1. The number of Topliss-reactive ketones (excluding diaryl/α,β-unsaturated/α-hetero) is 1. The van der Waals surface area contributed by atoms with Crippen molar-refractivity contribution in [3.63, 3.8) is 0 Å². The fourth-order valence-electron chi connectivity index (χ4n) is 3.82. The van der Waals surface area contributed by atoms with Gasteiger partial charge in [0.1, 0.15) is 0 Å². The topological polar surface area (TPSA) is 68.1 Å². The van der Waals surface area contributed by atoms with Crippen LogP contribution in [0.15, 0.2) is 16.5 Å². The van der Waals surface area contributed by atoms with Crippen molar-refractivity contribution in [2.75, 3.05) is 0 Å². The van der Waals surface area contributed by atoms with Gasteiger partial charge in [0.05, 0.1) is 23.5 Å². The van der Waals surface area contributed by atoms with Gasteiger partial charge in [-0.05, 0) is 66.2 Å². The molecular weight excluding hydrogens is 354 g/mol. The molecule has 1 aliphatic carbocycles. The third kappa shape index (κ3) is 6.07. The molecule has 5 heteroatoms. The number of hydrogen-bond acceptors (Lipinski definition) is 5. The van der Waals surface area contributed by atoms with E-state index in [9.17, 15) is 9.90 Å². The molecule has 0 amide bonds. The molecule has 1 aliphatic rings. The number of ketones is 1. The summed E-state index contributed by atoms with van der Waals surface area (Å²) in [4.78, 5) is 17.9. The fourth-order valence-corrected chi connectivity index (χ4v) is 3.82. The number of unbranched alkanes of at least 4 members (excludes halogenated alkanes) is 1. The summed E-state index contributed by atoms with van der Waals surface area (Å²) >= 11 is 0. The van der Waals surface area contributed by atoms with E-state index >= 15 is 0 Å². The molecule has 0 radical (unpaired) electrons. The first-order chi connectivity index (χ1) is 12.6. The molecule has 1 N–H and O–H groups in total. The Hall–Kier alpha value is -1.36. The van der Waals surface area contributed by atoms with Crippen LogP contribution in [0.4, 0.5) is 0 Å². The molecule has 5 nitrogen and oxygen atoms in total. The minimum Gasteiger partial charge on any atom is -0.487 e. The number of nitrogens with zero attached hydrogens (tertiary/aromatic N) is 1. The van der Waals surface area contributed by atoms with E-state index in [-0.39, 0.29) is 29.1 Å². The molecule has 0 aliphatic heterocycles. The Labute approximate surface area is 171 Å². The van der Waals surface area contributed by atoms with Gasteiger partial charge in [-0.1, -0.05) is 34.1 Å². The highest BCUT2D eigenvalue weighted by molar-refractivity contribution is 6.26. The average molecular weight is 396 g/mol. The molecule has 0 saturated heterocycles. The van der Waals surface area contributed by atoms with Gasteiger partial charge < -0.3 is 14.6 Å². The predicted molar refractivity (Wildman–Crippen MR) is 115 cm³/mol. The lowest BCUT2D eigenvalue weighted by atomic mass is 9.75. The van der Waals surface area contributed by atoms with Crippen LogP contribution in [0.1, 0.15) is 94.9 Å². The van der Waals surface area contributed by atoms with Gasteiger partial charge in [-0.15, -0.1) is 0 Å². The second-order valence-electron chi connectivity index (χ2n) is 10.2. The van der Waals surface area contributed by atoms with Crippen LogP contribution in [0, 0.1) is 5.41 Å². The monoisotopic (exact) mass is 395 g/mol. The van der Waals surface area contributed by atoms with Gasteiger partial charge in [-0.3, -0.25) is 9.79 Å². The van der Waals surface area contributed by atoms with Crippen LogP contribution in [0.3, 0.4) is 0 Å². The van der Waals surface area contributed by atoms with Crippen LogP contribution >= 0.6 is 0 Å². The van der Waals surface area contributed by atoms with E-state index in [2.05, 4.69) is 41.5 Å². The molecular formula is C23H41NO4. The minimum atomic E-state index is -1.82. The largest absolute Gasteiger partial charge is 0.487 e. The maximum atomic E-state index is 13.0. The molecule has 0 aromatic heterocycles. The Morgan fingerprint density at radius 3 is 2.04 bits per heavy atom. The van der Waals surface area contributed by atoms with Crippen molar-refractivity contribution in [1.29, 1.82) is 0 Å². The van der Waals surface area contributed by atoms with Crippen LogP contribution in [-0.2, 0) is 14.3 Å². The van der Waals surface area contributed by atoms with Crippen molar-refractivity contribution >= 4 is 11.5 Å². The highest BCUT2D eigenvalue weighted by Gasteiger charge is 2.60. The third-order valence-corrected chi connectivity index (χ3v) is 4.36. The summed E-state index contributed by atoms with van der Waals surface area (Å²) in [5, 5.41) is 11.5. The Morgan fingerprint density at radius 2 is 1.61 bits per heavy atom. The molecule has 0 aromatic carbocycles. The zero-order valence-electron chi connectivity index (χ0n) is 19.6. The number of rotatable bonds is 10. The summed E-state index contributed by atoms with van der Waals surface area (Å²) in [6.45, 7) is 20.1. The second kappa shape index (κ2) is 8.98. The number of hydrogen-bond donors (Lipinski definition) is 1. The van der Waals surface area contributed by atoms with Gasteiger partial charge in [0.15, 0.2) is 5.76 Å². The molecule has 0 fully saturated rings. The molecule has 0 heterocycles. The highest BCUT2D eigenvalue weighted by Crippen LogP contribution is 2.42. The van der Waals surface area contributed by atoms with Crippen LogP contribution in [0.5, 0.6) is 0 Å². The second-order valence-corrected chi connectivity index (χ2v) is 10.2. The summed E-state index contributed by atoms with van der Waals surface area (Å²) in [6, 6.07) is 0. The molecule has 162 valence electrons. The zero-order chi connectivity index (χ0) is 21.9. The fraction of sp³-hybridized carbons (Fsp3) is 0.826. The lowest BCUT2D eigenvalue weighted by molar-refractivity contribution is -0.142. The van der Waals surface area contributed by atoms with Gasteiger partial charge in [0.25, 0.3) is 0 Å². The Kier molecular flexibility index (Phi) is 7.91. The summed E-state index contributed by atoms with van der Waals surface area (Å²) in [7, 11) is 0. The van der Waals surface area contributed by atoms with Gasteiger partial charge in [-0.25, -0.2) is 0 Å². The van der Waals surface area contributed by atoms with E-state index in [1.807, 2.05) is 27.7 Å². The van der Waals surface area contributed by atoms with Gasteiger partial charge in [0.2, 0.25) is 17.1 Å². The molecule has 0 spiro atoms. The van der Waals surface area contributed by atoms with Crippen molar-refractivity contribution in [2.24, 2.45) is 10.4 Å². The smallest absolute Gasteiger partial charge is 0.246 e. The average Bonchev–Trinajstić information content (AvgIpc) is 2.51. The van der Waals surface area contributed by atoms with Crippen LogP contribution in [0.25, 0.3) is 0 Å². The maximum absolute atomic E-state index is 13.0. The van der Waals surface area contributed by atoms with Crippen molar-refractivity contribution in [1.82, 2.24) is 0 Å². The number of ether oxygens (including phenoxy) is 2. The van der Waals surface area contributed by atoms with E-state index in [1.165, 1.54) is 0 Å². The lowest BCUT2D eigenvalue weighted by Crippen LogP contribution is -2.59. The van der Waals surface area contributed by atoms with E-state index in [4.69, 9.17) is 14.5 Å². The normalized spacial score (nSPS) is 21.5. The van der Waals surface area contributed by atoms with Crippen LogP contribution < -0.4 is 0 Å². The molecule has 28 heavy (non-hydrogen) atoms. The zero-order valence-corrected chi connectivity index (χ0v) is 19.6. The highest BCUT2D eigenvalue weighted by atomic mass is 16.6. The molecule has 0 saturated carbocycles. The molecule has 0 bridgehead atoms. The number of carbonyl (C=O) groups is 1. The van der Waals surface area contributed by atoms with E-state index in [0.717, 1.165) is 19.3 Å². The summed E-state index contributed by atoms with van der Waals surface area (Å²) in [5.41, 5.74) is -1.66. The number of aliphatic imine (C=N–C) groups is 1. The maximum Gasteiger partial charge on any atom is 0.246 e. The summed E-state index contributed by atoms with van der Waals surface area (Å²) in [5.74, 6) is -0.107. The van der Waals surface area contributed by atoms with E-state index < -0.39 is 16.9 Å². The minimum absolute atomic E-state index is 0.0775. The molecule has 0 aromatic rings. The van der Waals surface area contributed by atoms with Crippen molar-refractivity contribution in [2.45, 2.75) is 118 Å². The van der Waals surface area contributed by atoms with Crippen LogP contribution in [-0.4, -0.2) is 39.9 Å². The first kappa shape index (κ1) is 24.7. The first-order valence-electron chi connectivity index (χ1n) is 10.6. The Morgan fingerprint density at radius 1 is 1.07 bits per heavy atom. The standard InChI is InChI=1S/C23H41NO4/c1-11-12-13-17(24-22(9,10)14-21(6,7)8)23(26)19(25)18(27-15(2)3)20(23)28-16(4)5/h15-16,26H,11-14H2,1-10H3. The SMILES string of the molecule is CCCCC(=NC(C)(C)CC(C)(C)C)C1(O)C(=O)C(OC(C)C)=C1OC(C)C. The van der Waals surface area contributed by atoms with Gasteiger partial charge in [0, 0.05) is 0 Å². The van der Waals surface area contributed by atoms with Crippen molar-refractivity contribution in [3.8, 4) is 0 Å². The quantitative estimate of drug-likeness (QED) is 0.516. The molecule has 1 unspecified atom stereocenters. The van der Waals surface area contributed by atoms with Gasteiger partial charge >= 0.3 is 0 Å². The predicted octanol–water partition coefficient (Wildman–Crippen LogP) is 5.21. The van der Waals surface area contributed by atoms with Crippen molar-refractivity contribution in [3.05, 3.63) is 11.5 Å². The lowest BCUT2D eigenvalue weighted by Gasteiger charge is -2.41. The Balaban J connectivity index is 3.44. The van der Waals surface area contributed by atoms with Crippen molar-refractivity contribution < 1.29 is 19.4 Å². The third-order valence-electron chi connectivity index (χ3n) is 4.36. The summed E-state index contributed by atoms with van der Waals surface area (Å²) < 4.78 is 11.5. The summed E-state index contributed by atoms with van der Waals surface area (Å²) in [6.07, 6.45) is 2.81. The molecule has 1 rings (SSSR count).